The molecule has 1 atom stereocenters. The Morgan fingerprint density at radius 1 is 1.25 bits per heavy atom. The van der Waals surface area contributed by atoms with Crippen LogP contribution in [0.15, 0.2) is 36.4 Å². The standard InChI is InChI=1S/C21H29N5O2/c1-4-28-21(27)26-12-10-18(11-13-26)24-20-22-15(2)14-19(25-20)23-16(3)17-8-6-5-7-9-17/h5-9,14,16,18H,4,10-13H2,1-3H3,(H2,22,23,24,25). The topological polar surface area (TPSA) is 79.4 Å². The lowest BCUT2D eigenvalue weighted by atomic mass is 10.1. The average molecular weight is 383 g/mol. The summed E-state index contributed by atoms with van der Waals surface area (Å²) in [5.41, 5.74) is 2.11. The Balaban J connectivity index is 1.59. The van der Waals surface area contributed by atoms with Crippen molar-refractivity contribution in [3.63, 3.8) is 0 Å². The number of aromatic nitrogens is 2. The van der Waals surface area contributed by atoms with E-state index in [2.05, 4.69) is 39.7 Å². The molecule has 1 fully saturated rings. The van der Waals surface area contributed by atoms with Gasteiger partial charge >= 0.3 is 6.09 Å². The molecule has 1 aliphatic rings. The van der Waals surface area contributed by atoms with Gasteiger partial charge in [0.1, 0.15) is 5.82 Å². The summed E-state index contributed by atoms with van der Waals surface area (Å²) in [6.45, 7) is 7.67. The van der Waals surface area contributed by atoms with E-state index in [9.17, 15) is 4.79 Å². The number of anilines is 2. The van der Waals surface area contributed by atoms with E-state index in [0.717, 1.165) is 24.4 Å². The summed E-state index contributed by atoms with van der Waals surface area (Å²) in [6.07, 6.45) is 1.47. The van der Waals surface area contributed by atoms with Crippen molar-refractivity contribution in [2.45, 2.75) is 45.7 Å². The van der Waals surface area contributed by atoms with Crippen molar-refractivity contribution in [2.75, 3.05) is 30.3 Å². The first kappa shape index (κ1) is 19.9. The van der Waals surface area contributed by atoms with Crippen LogP contribution in [0, 0.1) is 6.92 Å². The number of nitrogens with one attached hydrogen (secondary N) is 2. The second-order valence-corrected chi connectivity index (χ2v) is 7.10. The van der Waals surface area contributed by atoms with E-state index in [0.29, 0.717) is 25.6 Å². The first-order valence-electron chi connectivity index (χ1n) is 9.90. The molecular weight excluding hydrogens is 354 g/mol. The van der Waals surface area contributed by atoms with Gasteiger partial charge in [-0.2, -0.15) is 4.98 Å². The first-order chi connectivity index (χ1) is 13.5. The fourth-order valence-corrected chi connectivity index (χ4v) is 3.36. The number of hydrogen-bond acceptors (Lipinski definition) is 6. The number of nitrogens with zero attached hydrogens (tertiary/aromatic N) is 3. The van der Waals surface area contributed by atoms with E-state index >= 15 is 0 Å². The molecule has 1 amide bonds. The molecule has 28 heavy (non-hydrogen) atoms. The van der Waals surface area contributed by atoms with Gasteiger partial charge in [0.15, 0.2) is 0 Å². The molecule has 150 valence electrons. The molecule has 2 aromatic rings. The fraction of sp³-hybridized carbons (Fsp3) is 0.476. The van der Waals surface area contributed by atoms with Gasteiger partial charge in [0.25, 0.3) is 0 Å². The molecule has 0 spiro atoms. The van der Waals surface area contributed by atoms with Crippen LogP contribution < -0.4 is 10.6 Å². The van der Waals surface area contributed by atoms with Gasteiger partial charge in [0, 0.05) is 36.9 Å². The van der Waals surface area contributed by atoms with E-state index in [4.69, 9.17) is 4.74 Å². The van der Waals surface area contributed by atoms with Crippen molar-refractivity contribution < 1.29 is 9.53 Å². The van der Waals surface area contributed by atoms with Gasteiger partial charge in [-0.15, -0.1) is 0 Å². The van der Waals surface area contributed by atoms with E-state index in [-0.39, 0.29) is 18.2 Å². The van der Waals surface area contributed by atoms with Gasteiger partial charge < -0.3 is 20.3 Å². The smallest absolute Gasteiger partial charge is 0.409 e. The van der Waals surface area contributed by atoms with Crippen molar-refractivity contribution in [1.29, 1.82) is 0 Å². The van der Waals surface area contributed by atoms with Crippen LogP contribution >= 0.6 is 0 Å². The first-order valence-corrected chi connectivity index (χ1v) is 9.90. The predicted octanol–water partition coefficient (Wildman–Crippen LogP) is 3.99. The molecule has 0 aliphatic carbocycles. The van der Waals surface area contributed by atoms with Crippen molar-refractivity contribution in [3.8, 4) is 0 Å². The molecule has 1 aromatic carbocycles. The van der Waals surface area contributed by atoms with Gasteiger partial charge in [-0.3, -0.25) is 0 Å². The van der Waals surface area contributed by atoms with Gasteiger partial charge in [0.05, 0.1) is 6.61 Å². The summed E-state index contributed by atoms with van der Waals surface area (Å²) in [5, 5.41) is 6.88. The molecule has 7 nitrogen and oxygen atoms in total. The number of aryl methyl sites for hydroxylation is 1. The second kappa shape index (κ2) is 9.39. The Bertz CT molecular complexity index is 776. The van der Waals surface area contributed by atoms with Crippen LogP contribution in [0.2, 0.25) is 0 Å². The number of likely N-dealkylation sites (tertiary alicyclic amines) is 1. The second-order valence-electron chi connectivity index (χ2n) is 7.10. The van der Waals surface area contributed by atoms with Gasteiger partial charge in [-0.05, 0) is 39.2 Å². The number of benzene rings is 1. The summed E-state index contributed by atoms with van der Waals surface area (Å²) in [4.78, 5) is 22.7. The normalized spacial score (nSPS) is 15.8. The van der Waals surface area contributed by atoms with Gasteiger partial charge in [-0.1, -0.05) is 30.3 Å². The molecule has 7 heteroatoms. The van der Waals surface area contributed by atoms with Gasteiger partial charge in [0.2, 0.25) is 5.95 Å². The summed E-state index contributed by atoms with van der Waals surface area (Å²) in [7, 11) is 0. The van der Waals surface area contributed by atoms with Crippen molar-refractivity contribution >= 4 is 17.9 Å². The molecule has 1 unspecified atom stereocenters. The number of amides is 1. The number of hydrogen-bond donors (Lipinski definition) is 2. The van der Waals surface area contributed by atoms with Crippen LogP contribution in [0.1, 0.15) is 44.0 Å². The monoisotopic (exact) mass is 383 g/mol. The Hall–Kier alpha value is -2.83. The minimum Gasteiger partial charge on any atom is -0.450 e. The average Bonchev–Trinajstić information content (AvgIpc) is 2.69. The van der Waals surface area contributed by atoms with Crippen LogP contribution in [0.4, 0.5) is 16.6 Å². The highest BCUT2D eigenvalue weighted by atomic mass is 16.6. The zero-order valence-electron chi connectivity index (χ0n) is 16.8. The third-order valence-corrected chi connectivity index (χ3v) is 4.87. The molecule has 1 aromatic heterocycles. The Morgan fingerprint density at radius 3 is 2.64 bits per heavy atom. The zero-order chi connectivity index (χ0) is 19.9. The zero-order valence-corrected chi connectivity index (χ0v) is 16.8. The van der Waals surface area contributed by atoms with E-state index in [1.807, 2.05) is 38.1 Å². The third kappa shape index (κ3) is 5.34. The highest BCUT2D eigenvalue weighted by molar-refractivity contribution is 5.67. The molecule has 1 aliphatic heterocycles. The molecule has 3 rings (SSSR count). The molecule has 2 heterocycles. The highest BCUT2D eigenvalue weighted by Crippen LogP contribution is 2.20. The minimum atomic E-state index is -0.228. The number of rotatable bonds is 6. The maximum atomic E-state index is 11.8. The summed E-state index contributed by atoms with van der Waals surface area (Å²) < 4.78 is 5.07. The minimum absolute atomic E-state index is 0.149. The summed E-state index contributed by atoms with van der Waals surface area (Å²) in [5.74, 6) is 1.42. The summed E-state index contributed by atoms with van der Waals surface area (Å²) in [6, 6.07) is 12.6. The van der Waals surface area contributed by atoms with Crippen molar-refractivity contribution in [2.24, 2.45) is 0 Å². The van der Waals surface area contributed by atoms with Crippen molar-refractivity contribution in [3.05, 3.63) is 47.7 Å². The molecule has 0 radical (unpaired) electrons. The SMILES string of the molecule is CCOC(=O)N1CCC(Nc2nc(C)cc(NC(C)c3ccccc3)n2)CC1. The molecule has 0 saturated carbocycles. The summed E-state index contributed by atoms with van der Waals surface area (Å²) >= 11 is 0. The maximum absolute atomic E-state index is 11.8. The maximum Gasteiger partial charge on any atom is 0.409 e. The highest BCUT2D eigenvalue weighted by Gasteiger charge is 2.24. The van der Waals surface area contributed by atoms with Crippen LogP contribution in [0.3, 0.4) is 0 Å². The quantitative estimate of drug-likeness (QED) is 0.785. The fourth-order valence-electron chi connectivity index (χ4n) is 3.36. The molecule has 2 N–H and O–H groups in total. The molecule has 0 bridgehead atoms. The number of piperidine rings is 1. The number of ether oxygens (including phenoxy) is 1. The van der Waals surface area contributed by atoms with Crippen LogP contribution in [-0.2, 0) is 4.74 Å². The Kier molecular flexibility index (Phi) is 6.68. The number of carbonyl (C=O) groups is 1. The Morgan fingerprint density at radius 2 is 1.96 bits per heavy atom. The van der Waals surface area contributed by atoms with Crippen LogP contribution in [0.25, 0.3) is 0 Å². The lowest BCUT2D eigenvalue weighted by Gasteiger charge is -2.31. The van der Waals surface area contributed by atoms with Crippen LogP contribution in [-0.4, -0.2) is 46.7 Å². The van der Waals surface area contributed by atoms with E-state index < -0.39 is 0 Å². The lowest BCUT2D eigenvalue weighted by Crippen LogP contribution is -2.42. The van der Waals surface area contributed by atoms with E-state index in [1.165, 1.54) is 5.56 Å². The van der Waals surface area contributed by atoms with E-state index in [1.54, 1.807) is 4.90 Å². The lowest BCUT2D eigenvalue weighted by molar-refractivity contribution is 0.0983. The Labute approximate surface area is 166 Å². The van der Waals surface area contributed by atoms with Crippen molar-refractivity contribution in [1.82, 2.24) is 14.9 Å². The van der Waals surface area contributed by atoms with Gasteiger partial charge in [-0.25, -0.2) is 9.78 Å². The van der Waals surface area contributed by atoms with Crippen LogP contribution in [0.5, 0.6) is 0 Å². The molecular formula is C21H29N5O2. The predicted molar refractivity (Wildman–Crippen MR) is 110 cm³/mol. The third-order valence-electron chi connectivity index (χ3n) is 4.87. The number of carbonyl (C=O) groups excluding carboxylic acids is 1. The largest absolute Gasteiger partial charge is 0.450 e. The molecule has 1 saturated heterocycles.